The van der Waals surface area contributed by atoms with E-state index in [-0.39, 0.29) is 18.3 Å². The van der Waals surface area contributed by atoms with Gasteiger partial charge in [-0.25, -0.2) is 0 Å². The molecule has 4 aromatic rings. The van der Waals surface area contributed by atoms with Crippen LogP contribution < -0.4 is 5.32 Å². The molecule has 0 spiro atoms. The molecule has 0 amide bonds. The third-order valence-corrected chi connectivity index (χ3v) is 4.93. The third kappa shape index (κ3) is 4.69. The molecule has 0 fully saturated rings. The van der Waals surface area contributed by atoms with Crippen molar-refractivity contribution >= 4 is 16.5 Å². The van der Waals surface area contributed by atoms with E-state index in [0.717, 1.165) is 16.3 Å². The number of hydrogen-bond donors (Lipinski definition) is 1. The number of anilines is 1. The highest BCUT2D eigenvalue weighted by atomic mass is 19.4. The summed E-state index contributed by atoms with van der Waals surface area (Å²) in [6.07, 6.45) is -9.80. The van der Waals surface area contributed by atoms with Gasteiger partial charge in [0.05, 0.1) is 29.1 Å². The van der Waals surface area contributed by atoms with Crippen molar-refractivity contribution in [2.45, 2.75) is 18.9 Å². The number of pyridine rings is 1. The minimum absolute atomic E-state index is 0.0444. The smallest absolute Gasteiger partial charge is 0.379 e. The molecule has 0 saturated heterocycles. The molecule has 0 saturated carbocycles. The van der Waals surface area contributed by atoms with Crippen molar-refractivity contribution in [1.29, 1.82) is 0 Å². The molecule has 8 heteroatoms. The molecule has 1 heterocycles. The van der Waals surface area contributed by atoms with Crippen molar-refractivity contribution in [2.24, 2.45) is 0 Å². The van der Waals surface area contributed by atoms with Gasteiger partial charge in [0, 0.05) is 11.3 Å². The van der Waals surface area contributed by atoms with E-state index in [1.54, 1.807) is 18.2 Å². The number of halogens is 6. The van der Waals surface area contributed by atoms with Crippen molar-refractivity contribution < 1.29 is 26.3 Å². The van der Waals surface area contributed by atoms with Crippen LogP contribution in [0.1, 0.15) is 16.8 Å². The number of hydrogen-bond acceptors (Lipinski definition) is 2. The lowest BCUT2D eigenvalue weighted by atomic mass is 10.0. The van der Waals surface area contributed by atoms with Gasteiger partial charge in [-0.3, -0.25) is 4.98 Å². The van der Waals surface area contributed by atoms with E-state index in [4.69, 9.17) is 0 Å². The molecular formula is C24H16F6N2. The predicted molar refractivity (Wildman–Crippen MR) is 111 cm³/mol. The zero-order valence-corrected chi connectivity index (χ0v) is 16.4. The number of benzene rings is 3. The maximum atomic E-state index is 13.1. The Morgan fingerprint density at radius 3 is 2.00 bits per heavy atom. The summed E-state index contributed by atoms with van der Waals surface area (Å²) < 4.78 is 78.4. The van der Waals surface area contributed by atoms with Crippen molar-refractivity contribution in [3.8, 4) is 11.3 Å². The Balaban J connectivity index is 1.63. The van der Waals surface area contributed by atoms with Crippen LogP contribution in [0.3, 0.4) is 0 Å². The molecule has 164 valence electrons. The summed E-state index contributed by atoms with van der Waals surface area (Å²) in [5.41, 5.74) is -1.02. The topological polar surface area (TPSA) is 24.9 Å². The number of rotatable bonds is 4. The summed E-state index contributed by atoms with van der Waals surface area (Å²) in [4.78, 5) is 4.54. The fraction of sp³-hybridized carbons (Fsp3) is 0.125. The summed E-state index contributed by atoms with van der Waals surface area (Å²) in [5.74, 6) is 0. The second-order valence-corrected chi connectivity index (χ2v) is 7.19. The second kappa shape index (κ2) is 8.18. The van der Waals surface area contributed by atoms with Crippen LogP contribution in [0.15, 0.2) is 78.9 Å². The van der Waals surface area contributed by atoms with Crippen molar-refractivity contribution in [1.82, 2.24) is 4.98 Å². The number of aromatic nitrogens is 1. The standard InChI is InChI=1S/C24H16F6N2/c25-23(26,27)16-11-17(24(28,29)30)13-19(12-16)31-14-18-7-4-10-22(32-18)21-9-3-6-15-5-1-2-8-20(15)21/h1-13,31H,14H2. The molecule has 32 heavy (non-hydrogen) atoms. The van der Waals surface area contributed by atoms with Gasteiger partial charge < -0.3 is 5.32 Å². The van der Waals surface area contributed by atoms with E-state index in [1.165, 1.54) is 0 Å². The molecule has 0 aliphatic heterocycles. The Morgan fingerprint density at radius 2 is 1.31 bits per heavy atom. The number of nitrogens with zero attached hydrogens (tertiary/aromatic N) is 1. The molecule has 0 atom stereocenters. The van der Waals surface area contributed by atoms with E-state index >= 15 is 0 Å². The fourth-order valence-electron chi connectivity index (χ4n) is 3.43. The summed E-state index contributed by atoms with van der Waals surface area (Å²) in [6.45, 7) is -0.0444. The number of nitrogens with one attached hydrogen (secondary N) is 1. The lowest BCUT2D eigenvalue weighted by Crippen LogP contribution is -2.12. The minimum atomic E-state index is -4.90. The molecule has 1 N–H and O–H groups in total. The molecule has 0 aliphatic rings. The van der Waals surface area contributed by atoms with E-state index in [1.807, 2.05) is 42.5 Å². The summed E-state index contributed by atoms with van der Waals surface area (Å²) in [7, 11) is 0. The molecular weight excluding hydrogens is 430 g/mol. The van der Waals surface area contributed by atoms with Crippen LogP contribution in [0, 0.1) is 0 Å². The summed E-state index contributed by atoms with van der Waals surface area (Å²) in [5, 5.41) is 4.65. The van der Waals surface area contributed by atoms with E-state index in [9.17, 15) is 26.3 Å². The largest absolute Gasteiger partial charge is 0.416 e. The van der Waals surface area contributed by atoms with Crippen LogP contribution in [0.5, 0.6) is 0 Å². The van der Waals surface area contributed by atoms with Gasteiger partial charge >= 0.3 is 12.4 Å². The Morgan fingerprint density at radius 1 is 0.688 bits per heavy atom. The van der Waals surface area contributed by atoms with E-state index in [2.05, 4.69) is 10.3 Å². The zero-order chi connectivity index (χ0) is 22.9. The van der Waals surface area contributed by atoms with Gasteiger partial charge in [0.2, 0.25) is 0 Å². The van der Waals surface area contributed by atoms with Crippen LogP contribution >= 0.6 is 0 Å². The Hall–Kier alpha value is -3.55. The molecule has 0 radical (unpaired) electrons. The lowest BCUT2D eigenvalue weighted by Gasteiger charge is -2.15. The van der Waals surface area contributed by atoms with Crippen LogP contribution in [-0.2, 0) is 18.9 Å². The first-order chi connectivity index (χ1) is 15.1. The maximum absolute atomic E-state index is 13.1. The SMILES string of the molecule is FC(F)(F)c1cc(NCc2cccc(-c3cccc4ccccc34)n2)cc(C(F)(F)F)c1. The number of fused-ring (bicyclic) bond motifs is 1. The van der Waals surface area contributed by atoms with Gasteiger partial charge in [-0.1, -0.05) is 48.5 Å². The molecule has 0 bridgehead atoms. The first-order valence-electron chi connectivity index (χ1n) is 9.59. The Labute approximate surface area is 179 Å². The third-order valence-electron chi connectivity index (χ3n) is 4.93. The monoisotopic (exact) mass is 446 g/mol. The maximum Gasteiger partial charge on any atom is 0.416 e. The van der Waals surface area contributed by atoms with Gasteiger partial charge in [0.15, 0.2) is 0 Å². The quantitative estimate of drug-likeness (QED) is 0.328. The summed E-state index contributed by atoms with van der Waals surface area (Å²) in [6, 6.07) is 20.1. The summed E-state index contributed by atoms with van der Waals surface area (Å²) >= 11 is 0. The van der Waals surface area contributed by atoms with Crippen LogP contribution in [0.25, 0.3) is 22.0 Å². The molecule has 2 nitrogen and oxygen atoms in total. The van der Waals surface area contributed by atoms with Crippen molar-refractivity contribution in [2.75, 3.05) is 5.32 Å². The molecule has 0 unspecified atom stereocenters. The van der Waals surface area contributed by atoms with Crippen LogP contribution in [0.2, 0.25) is 0 Å². The lowest BCUT2D eigenvalue weighted by molar-refractivity contribution is -0.143. The first kappa shape index (κ1) is 21.7. The molecule has 4 rings (SSSR count). The fourth-order valence-corrected chi connectivity index (χ4v) is 3.43. The van der Waals surface area contributed by atoms with Crippen molar-refractivity contribution in [3.63, 3.8) is 0 Å². The normalized spacial score (nSPS) is 12.2. The Bertz CT molecular complexity index is 1220. The Kier molecular flexibility index (Phi) is 5.54. The first-order valence-corrected chi connectivity index (χ1v) is 9.59. The minimum Gasteiger partial charge on any atom is -0.379 e. The van der Waals surface area contributed by atoms with Gasteiger partial charge in [-0.2, -0.15) is 26.3 Å². The molecule has 3 aromatic carbocycles. The average Bonchev–Trinajstić information content (AvgIpc) is 2.76. The van der Waals surface area contributed by atoms with Gasteiger partial charge in [-0.15, -0.1) is 0 Å². The zero-order valence-electron chi connectivity index (χ0n) is 16.4. The highest BCUT2D eigenvalue weighted by Crippen LogP contribution is 2.37. The second-order valence-electron chi connectivity index (χ2n) is 7.19. The highest BCUT2D eigenvalue weighted by Gasteiger charge is 2.36. The van der Waals surface area contributed by atoms with Gasteiger partial charge in [-0.05, 0) is 41.1 Å². The van der Waals surface area contributed by atoms with E-state index in [0.29, 0.717) is 23.5 Å². The van der Waals surface area contributed by atoms with Gasteiger partial charge in [0.1, 0.15) is 0 Å². The van der Waals surface area contributed by atoms with E-state index < -0.39 is 23.5 Å². The van der Waals surface area contributed by atoms with Gasteiger partial charge in [0.25, 0.3) is 0 Å². The highest BCUT2D eigenvalue weighted by molar-refractivity contribution is 5.95. The van der Waals surface area contributed by atoms with Crippen LogP contribution in [-0.4, -0.2) is 4.98 Å². The van der Waals surface area contributed by atoms with Crippen LogP contribution in [0.4, 0.5) is 32.0 Å². The van der Waals surface area contributed by atoms with Crippen molar-refractivity contribution in [3.05, 3.63) is 95.7 Å². The predicted octanol–water partition coefficient (Wildman–Crippen LogP) is 7.55. The molecule has 1 aromatic heterocycles. The number of alkyl halides is 6. The molecule has 0 aliphatic carbocycles. The average molecular weight is 446 g/mol.